The Balaban J connectivity index is 1.59. The lowest BCUT2D eigenvalue weighted by Gasteiger charge is -2.12. The number of hydrogen-bond acceptors (Lipinski definition) is 5. The SMILES string of the molecule is COc1ccc(NC(=O)COC(=O)Cn2c(C)cc3ccccc32)c(OC)c1. The average Bonchev–Trinajstić information content (AvgIpc) is 3.02. The number of para-hydroxylation sites is 1. The van der Waals surface area contributed by atoms with Crippen LogP contribution >= 0.6 is 0 Å². The third-order valence-corrected chi connectivity index (χ3v) is 4.35. The van der Waals surface area contributed by atoms with Crippen LogP contribution in [0.3, 0.4) is 0 Å². The van der Waals surface area contributed by atoms with E-state index in [0.29, 0.717) is 17.2 Å². The maximum Gasteiger partial charge on any atom is 0.326 e. The summed E-state index contributed by atoms with van der Waals surface area (Å²) in [5.74, 6) is 0.122. The highest BCUT2D eigenvalue weighted by molar-refractivity contribution is 5.94. The number of anilines is 1. The van der Waals surface area contributed by atoms with E-state index in [4.69, 9.17) is 14.2 Å². The van der Waals surface area contributed by atoms with E-state index in [1.54, 1.807) is 25.3 Å². The Morgan fingerprint density at radius 1 is 1.04 bits per heavy atom. The molecule has 3 aromatic rings. The first-order valence-corrected chi connectivity index (χ1v) is 8.74. The van der Waals surface area contributed by atoms with Gasteiger partial charge in [-0.1, -0.05) is 18.2 Å². The number of hydrogen-bond donors (Lipinski definition) is 1. The molecule has 28 heavy (non-hydrogen) atoms. The van der Waals surface area contributed by atoms with Gasteiger partial charge in [0.15, 0.2) is 6.61 Å². The van der Waals surface area contributed by atoms with Crippen molar-refractivity contribution in [3.8, 4) is 11.5 Å². The number of aryl methyl sites for hydroxylation is 1. The number of nitrogens with one attached hydrogen (secondary N) is 1. The molecule has 0 radical (unpaired) electrons. The van der Waals surface area contributed by atoms with E-state index in [0.717, 1.165) is 16.6 Å². The van der Waals surface area contributed by atoms with Crippen LogP contribution in [0.15, 0.2) is 48.5 Å². The molecule has 0 aliphatic carbocycles. The lowest BCUT2D eigenvalue weighted by atomic mass is 10.2. The second kappa shape index (κ2) is 8.47. The molecule has 0 bridgehead atoms. The van der Waals surface area contributed by atoms with Gasteiger partial charge in [-0.2, -0.15) is 0 Å². The van der Waals surface area contributed by atoms with Gasteiger partial charge in [0.1, 0.15) is 18.0 Å². The van der Waals surface area contributed by atoms with E-state index in [1.165, 1.54) is 7.11 Å². The molecule has 0 atom stereocenters. The highest BCUT2D eigenvalue weighted by atomic mass is 16.5. The van der Waals surface area contributed by atoms with Crippen molar-refractivity contribution >= 4 is 28.5 Å². The Morgan fingerprint density at radius 2 is 1.82 bits per heavy atom. The fourth-order valence-electron chi connectivity index (χ4n) is 2.97. The smallest absolute Gasteiger partial charge is 0.326 e. The van der Waals surface area contributed by atoms with Crippen LogP contribution in [-0.2, 0) is 20.9 Å². The molecule has 1 N–H and O–H groups in total. The number of ether oxygens (including phenoxy) is 3. The summed E-state index contributed by atoms with van der Waals surface area (Å²) in [6, 6.07) is 14.8. The number of benzene rings is 2. The third kappa shape index (κ3) is 4.25. The lowest BCUT2D eigenvalue weighted by Crippen LogP contribution is -2.23. The third-order valence-electron chi connectivity index (χ3n) is 4.35. The number of fused-ring (bicyclic) bond motifs is 1. The lowest BCUT2D eigenvalue weighted by molar-refractivity contribution is -0.147. The molecule has 0 spiro atoms. The summed E-state index contributed by atoms with van der Waals surface area (Å²) in [6.45, 7) is 1.58. The summed E-state index contributed by atoms with van der Waals surface area (Å²) in [5, 5.41) is 3.72. The van der Waals surface area contributed by atoms with Crippen LogP contribution in [0.2, 0.25) is 0 Å². The van der Waals surface area contributed by atoms with Crippen LogP contribution in [-0.4, -0.2) is 37.3 Å². The quantitative estimate of drug-likeness (QED) is 0.635. The van der Waals surface area contributed by atoms with E-state index in [1.807, 2.05) is 41.8 Å². The second-order valence-corrected chi connectivity index (χ2v) is 6.21. The van der Waals surface area contributed by atoms with E-state index in [-0.39, 0.29) is 13.2 Å². The fourth-order valence-corrected chi connectivity index (χ4v) is 2.97. The molecular formula is C21H22N2O5. The van der Waals surface area contributed by atoms with Crippen LogP contribution in [0.5, 0.6) is 11.5 Å². The number of aromatic nitrogens is 1. The number of nitrogens with zero attached hydrogens (tertiary/aromatic N) is 1. The minimum atomic E-state index is -0.485. The van der Waals surface area contributed by atoms with Gasteiger partial charge in [-0.3, -0.25) is 9.59 Å². The number of amides is 1. The first kappa shape index (κ1) is 19.3. The van der Waals surface area contributed by atoms with Crippen molar-refractivity contribution in [3.63, 3.8) is 0 Å². The molecule has 0 saturated carbocycles. The molecule has 1 amide bonds. The summed E-state index contributed by atoms with van der Waals surface area (Å²) in [5.41, 5.74) is 2.37. The van der Waals surface area contributed by atoms with Gasteiger partial charge < -0.3 is 24.1 Å². The average molecular weight is 382 g/mol. The zero-order valence-corrected chi connectivity index (χ0v) is 16.0. The maximum atomic E-state index is 12.2. The van der Waals surface area contributed by atoms with Crippen molar-refractivity contribution in [1.29, 1.82) is 0 Å². The predicted molar refractivity (Wildman–Crippen MR) is 106 cm³/mol. The Bertz CT molecular complexity index is 1010. The van der Waals surface area contributed by atoms with Gasteiger partial charge in [0.05, 0.1) is 19.9 Å². The zero-order chi connectivity index (χ0) is 20.1. The van der Waals surface area contributed by atoms with Gasteiger partial charge in [-0.25, -0.2) is 0 Å². The minimum absolute atomic E-state index is 0.0402. The molecule has 0 aliphatic heterocycles. The van der Waals surface area contributed by atoms with Crippen LogP contribution in [0.4, 0.5) is 5.69 Å². The van der Waals surface area contributed by atoms with Gasteiger partial charge in [0, 0.05) is 17.3 Å². The molecule has 0 aliphatic rings. The summed E-state index contributed by atoms with van der Waals surface area (Å²) in [6.07, 6.45) is 0. The molecule has 1 aromatic heterocycles. The van der Waals surface area contributed by atoms with Crippen LogP contribution < -0.4 is 14.8 Å². The topological polar surface area (TPSA) is 78.8 Å². The number of esters is 1. The molecular weight excluding hydrogens is 360 g/mol. The van der Waals surface area contributed by atoms with E-state index >= 15 is 0 Å². The number of carbonyl (C=O) groups is 2. The van der Waals surface area contributed by atoms with Crippen molar-refractivity contribution in [2.24, 2.45) is 0 Å². The molecule has 2 aromatic carbocycles. The molecule has 0 fully saturated rings. The van der Waals surface area contributed by atoms with Crippen molar-refractivity contribution in [1.82, 2.24) is 4.57 Å². The van der Waals surface area contributed by atoms with Crippen molar-refractivity contribution in [3.05, 3.63) is 54.2 Å². The largest absolute Gasteiger partial charge is 0.497 e. The number of carbonyl (C=O) groups excluding carboxylic acids is 2. The van der Waals surface area contributed by atoms with Gasteiger partial charge in [0.25, 0.3) is 5.91 Å². The van der Waals surface area contributed by atoms with E-state index in [2.05, 4.69) is 5.32 Å². The Morgan fingerprint density at radius 3 is 2.57 bits per heavy atom. The number of rotatable bonds is 7. The Hall–Kier alpha value is -3.48. The van der Waals surface area contributed by atoms with Crippen LogP contribution in [0, 0.1) is 6.92 Å². The van der Waals surface area contributed by atoms with Crippen molar-refractivity contribution in [2.75, 3.05) is 26.1 Å². The molecule has 1 heterocycles. The van der Waals surface area contributed by atoms with Gasteiger partial charge in [0.2, 0.25) is 0 Å². The zero-order valence-electron chi connectivity index (χ0n) is 16.0. The van der Waals surface area contributed by atoms with E-state index < -0.39 is 11.9 Å². The highest BCUT2D eigenvalue weighted by Gasteiger charge is 2.14. The minimum Gasteiger partial charge on any atom is -0.497 e. The van der Waals surface area contributed by atoms with Gasteiger partial charge >= 0.3 is 5.97 Å². The predicted octanol–water partition coefficient (Wildman–Crippen LogP) is 3.15. The highest BCUT2D eigenvalue weighted by Crippen LogP contribution is 2.28. The Labute approximate surface area is 162 Å². The first-order chi connectivity index (χ1) is 13.5. The van der Waals surface area contributed by atoms with Crippen LogP contribution in [0.25, 0.3) is 10.9 Å². The van der Waals surface area contributed by atoms with Gasteiger partial charge in [-0.05, 0) is 36.6 Å². The molecule has 0 saturated heterocycles. The summed E-state index contributed by atoms with van der Waals surface area (Å²) in [4.78, 5) is 24.3. The summed E-state index contributed by atoms with van der Waals surface area (Å²) in [7, 11) is 3.04. The molecule has 146 valence electrons. The molecule has 3 rings (SSSR count). The molecule has 7 heteroatoms. The number of methoxy groups -OCH3 is 2. The monoisotopic (exact) mass is 382 g/mol. The van der Waals surface area contributed by atoms with Crippen molar-refractivity contribution in [2.45, 2.75) is 13.5 Å². The molecule has 7 nitrogen and oxygen atoms in total. The van der Waals surface area contributed by atoms with Crippen LogP contribution in [0.1, 0.15) is 5.69 Å². The summed E-state index contributed by atoms with van der Waals surface area (Å²) >= 11 is 0. The second-order valence-electron chi connectivity index (χ2n) is 6.21. The summed E-state index contributed by atoms with van der Waals surface area (Å²) < 4.78 is 17.4. The van der Waals surface area contributed by atoms with Gasteiger partial charge in [-0.15, -0.1) is 0 Å². The molecule has 0 unspecified atom stereocenters. The Kier molecular flexibility index (Phi) is 5.84. The maximum absolute atomic E-state index is 12.2. The van der Waals surface area contributed by atoms with Crippen molar-refractivity contribution < 1.29 is 23.8 Å². The normalized spacial score (nSPS) is 10.5. The standard InChI is InChI=1S/C21H22N2O5/c1-14-10-15-6-4-5-7-18(15)23(14)12-21(25)28-13-20(24)22-17-9-8-16(26-2)11-19(17)27-3/h4-11H,12-13H2,1-3H3,(H,22,24). The first-order valence-electron chi connectivity index (χ1n) is 8.74. The van der Waals surface area contributed by atoms with E-state index in [9.17, 15) is 9.59 Å². The fraction of sp³-hybridized carbons (Fsp3) is 0.238.